The van der Waals surface area contributed by atoms with E-state index in [9.17, 15) is 4.39 Å². The van der Waals surface area contributed by atoms with Crippen molar-refractivity contribution < 1.29 is 18.4 Å². The van der Waals surface area contributed by atoms with Crippen molar-refractivity contribution in [2.75, 3.05) is 6.61 Å². The molecule has 3 nitrogen and oxygen atoms in total. The molecule has 0 unspecified atom stereocenters. The Kier molecular flexibility index (Phi) is 5.25. The average Bonchev–Trinajstić information content (AvgIpc) is 2.61. The summed E-state index contributed by atoms with van der Waals surface area (Å²) in [6.07, 6.45) is 1.89. The van der Waals surface area contributed by atoms with Gasteiger partial charge in [0.2, 0.25) is 0 Å². The van der Waals surface area contributed by atoms with Crippen molar-refractivity contribution in [2.45, 2.75) is 58.7 Å². The summed E-state index contributed by atoms with van der Waals surface area (Å²) in [5, 5.41) is 0. The third-order valence-corrected chi connectivity index (χ3v) is 5.03. The zero-order valence-corrected chi connectivity index (χ0v) is 15.4. The Hall–Kier alpha value is -0.585. The maximum atomic E-state index is 14.8. The Morgan fingerprint density at radius 1 is 1.18 bits per heavy atom. The molecule has 0 spiro atoms. The molecular formula is C16H23BBrFO3. The Morgan fingerprint density at radius 3 is 2.32 bits per heavy atom. The number of hydrogen-bond acceptors (Lipinski definition) is 3. The van der Waals surface area contributed by atoms with E-state index in [1.165, 1.54) is 0 Å². The van der Waals surface area contributed by atoms with Gasteiger partial charge in [-0.2, -0.15) is 0 Å². The molecule has 0 saturated carbocycles. The van der Waals surface area contributed by atoms with Crippen molar-refractivity contribution in [2.24, 2.45) is 0 Å². The van der Waals surface area contributed by atoms with Gasteiger partial charge in [0.1, 0.15) is 0 Å². The fourth-order valence-electron chi connectivity index (χ4n) is 2.16. The highest BCUT2D eigenvalue weighted by atomic mass is 79.9. The molecule has 0 radical (unpaired) electrons. The van der Waals surface area contributed by atoms with Gasteiger partial charge in [0, 0.05) is 9.94 Å². The lowest BCUT2D eigenvalue weighted by Gasteiger charge is -2.32. The van der Waals surface area contributed by atoms with Gasteiger partial charge >= 0.3 is 7.12 Å². The summed E-state index contributed by atoms with van der Waals surface area (Å²) in [6.45, 7) is 10.3. The van der Waals surface area contributed by atoms with Gasteiger partial charge in [-0.1, -0.05) is 29.3 Å². The zero-order chi connectivity index (χ0) is 16.5. The molecule has 2 rings (SSSR count). The predicted molar refractivity (Wildman–Crippen MR) is 90.2 cm³/mol. The molecule has 22 heavy (non-hydrogen) atoms. The van der Waals surface area contributed by atoms with E-state index in [4.69, 9.17) is 14.0 Å². The Balaban J connectivity index is 2.30. The van der Waals surface area contributed by atoms with Crippen LogP contribution in [0.1, 0.15) is 47.5 Å². The standard InChI is InChI=1S/C16H23BBrFO3/c1-6-7-10-20-12-9-8-11(18)13(14(12)19)17-21-15(2,3)16(4,5)22-17/h8-9H,6-7,10H2,1-5H3. The summed E-state index contributed by atoms with van der Waals surface area (Å²) in [5.41, 5.74) is -0.668. The van der Waals surface area contributed by atoms with Crippen LogP contribution in [0.3, 0.4) is 0 Å². The monoisotopic (exact) mass is 372 g/mol. The number of benzene rings is 1. The second-order valence-electron chi connectivity index (χ2n) is 6.56. The van der Waals surface area contributed by atoms with Crippen LogP contribution in [0.2, 0.25) is 0 Å². The predicted octanol–water partition coefficient (Wildman–Crippen LogP) is 4.07. The summed E-state index contributed by atoms with van der Waals surface area (Å²) < 4.78 is 32.8. The van der Waals surface area contributed by atoms with Crippen LogP contribution in [0.15, 0.2) is 16.6 Å². The van der Waals surface area contributed by atoms with Gasteiger partial charge in [-0.15, -0.1) is 0 Å². The summed E-state index contributed by atoms with van der Waals surface area (Å²) in [6, 6.07) is 3.40. The summed E-state index contributed by atoms with van der Waals surface area (Å²) in [4.78, 5) is 0. The molecular weight excluding hydrogens is 350 g/mol. The molecule has 1 saturated heterocycles. The molecule has 0 atom stereocenters. The molecule has 1 aliphatic heterocycles. The van der Waals surface area contributed by atoms with Gasteiger partial charge in [0.15, 0.2) is 11.6 Å². The third kappa shape index (κ3) is 3.34. The lowest BCUT2D eigenvalue weighted by molar-refractivity contribution is 0.00578. The minimum atomic E-state index is -0.755. The third-order valence-electron chi connectivity index (χ3n) is 4.34. The molecule has 6 heteroatoms. The first kappa shape index (κ1) is 17.8. The van der Waals surface area contributed by atoms with Crippen molar-refractivity contribution in [1.82, 2.24) is 0 Å². The highest BCUT2D eigenvalue weighted by molar-refractivity contribution is 9.10. The van der Waals surface area contributed by atoms with Gasteiger partial charge in [-0.25, -0.2) is 4.39 Å². The highest BCUT2D eigenvalue weighted by Crippen LogP contribution is 2.37. The second-order valence-corrected chi connectivity index (χ2v) is 7.42. The van der Waals surface area contributed by atoms with Gasteiger partial charge in [-0.3, -0.25) is 0 Å². The topological polar surface area (TPSA) is 27.7 Å². The molecule has 0 N–H and O–H groups in total. The fourth-order valence-corrected chi connectivity index (χ4v) is 2.66. The van der Waals surface area contributed by atoms with Crippen molar-refractivity contribution in [3.05, 3.63) is 22.4 Å². The minimum absolute atomic E-state index is 0.237. The first-order chi connectivity index (χ1) is 10.2. The Labute approximate surface area is 140 Å². The van der Waals surface area contributed by atoms with Gasteiger partial charge in [0.25, 0.3) is 0 Å². The second kappa shape index (κ2) is 6.50. The average molecular weight is 373 g/mol. The molecule has 0 bridgehead atoms. The van der Waals surface area contributed by atoms with E-state index < -0.39 is 24.1 Å². The lowest BCUT2D eigenvalue weighted by atomic mass is 9.78. The number of hydrogen-bond donors (Lipinski definition) is 0. The normalized spacial score (nSPS) is 19.5. The maximum absolute atomic E-state index is 14.8. The molecule has 1 fully saturated rings. The van der Waals surface area contributed by atoms with E-state index >= 15 is 0 Å². The number of rotatable bonds is 5. The van der Waals surface area contributed by atoms with Gasteiger partial charge in [0.05, 0.1) is 17.8 Å². The van der Waals surface area contributed by atoms with Crippen molar-refractivity contribution >= 4 is 28.5 Å². The minimum Gasteiger partial charge on any atom is -0.491 e. The number of unbranched alkanes of at least 4 members (excludes halogenated alkanes) is 1. The van der Waals surface area contributed by atoms with Crippen LogP contribution in [0.4, 0.5) is 4.39 Å². The van der Waals surface area contributed by atoms with Gasteiger partial charge in [-0.05, 0) is 46.2 Å². The first-order valence-electron chi connectivity index (χ1n) is 7.66. The van der Waals surface area contributed by atoms with Crippen molar-refractivity contribution in [3.63, 3.8) is 0 Å². The molecule has 0 aliphatic carbocycles. The van der Waals surface area contributed by atoms with Crippen LogP contribution >= 0.6 is 15.9 Å². The van der Waals surface area contributed by atoms with Crippen molar-refractivity contribution in [3.8, 4) is 5.75 Å². The van der Waals surface area contributed by atoms with Crippen LogP contribution < -0.4 is 10.2 Å². The molecule has 0 amide bonds. The van der Waals surface area contributed by atoms with E-state index in [1.807, 2.05) is 27.7 Å². The van der Waals surface area contributed by atoms with Crippen LogP contribution in [0, 0.1) is 5.82 Å². The van der Waals surface area contributed by atoms with Crippen LogP contribution in [0.25, 0.3) is 0 Å². The summed E-state index contributed by atoms with van der Waals surface area (Å²) in [7, 11) is -0.755. The molecule has 1 aliphatic rings. The first-order valence-corrected chi connectivity index (χ1v) is 8.45. The smallest absolute Gasteiger partial charge is 0.491 e. The Bertz CT molecular complexity index is 532. The quantitative estimate of drug-likeness (QED) is 0.576. The number of ether oxygens (including phenoxy) is 1. The molecule has 1 aromatic rings. The van der Waals surface area contributed by atoms with E-state index in [0.717, 1.165) is 12.8 Å². The van der Waals surface area contributed by atoms with Crippen LogP contribution in [0.5, 0.6) is 5.75 Å². The summed E-state index contributed by atoms with van der Waals surface area (Å²) >= 11 is 3.39. The van der Waals surface area contributed by atoms with Gasteiger partial charge < -0.3 is 14.0 Å². The summed E-state index contributed by atoms with van der Waals surface area (Å²) in [5.74, 6) is -0.189. The highest BCUT2D eigenvalue weighted by Gasteiger charge is 2.53. The molecule has 1 heterocycles. The Morgan fingerprint density at radius 2 is 1.77 bits per heavy atom. The lowest BCUT2D eigenvalue weighted by Crippen LogP contribution is -2.41. The molecule has 1 aromatic carbocycles. The van der Waals surface area contributed by atoms with E-state index in [1.54, 1.807) is 12.1 Å². The molecule has 0 aromatic heterocycles. The SMILES string of the molecule is CCCCOc1ccc(Br)c(B2OC(C)(C)C(C)(C)O2)c1F. The van der Waals surface area contributed by atoms with Crippen LogP contribution in [-0.4, -0.2) is 24.9 Å². The molecule has 122 valence electrons. The van der Waals surface area contributed by atoms with E-state index in [0.29, 0.717) is 16.5 Å². The fraction of sp³-hybridized carbons (Fsp3) is 0.625. The van der Waals surface area contributed by atoms with E-state index in [-0.39, 0.29) is 5.75 Å². The largest absolute Gasteiger partial charge is 0.499 e. The zero-order valence-electron chi connectivity index (χ0n) is 13.8. The van der Waals surface area contributed by atoms with Crippen LogP contribution in [-0.2, 0) is 9.31 Å². The maximum Gasteiger partial charge on any atom is 0.499 e. The van der Waals surface area contributed by atoms with Crippen molar-refractivity contribution in [1.29, 1.82) is 0 Å². The van der Waals surface area contributed by atoms with E-state index in [2.05, 4.69) is 22.9 Å². The number of halogens is 2.